The number of amides is 1. The number of carbonyl (C=O) groups excluding carboxylic acids is 2. The number of esters is 1. The van der Waals surface area contributed by atoms with Gasteiger partial charge in [-0.05, 0) is 38.0 Å². The van der Waals surface area contributed by atoms with Gasteiger partial charge < -0.3 is 14.8 Å². The van der Waals surface area contributed by atoms with Gasteiger partial charge in [0.25, 0.3) is 0 Å². The molecule has 5 nitrogen and oxygen atoms in total. The molecule has 0 heterocycles. The number of hydrogen-bond acceptors (Lipinski definition) is 4. The van der Waals surface area contributed by atoms with Crippen molar-refractivity contribution in [2.24, 2.45) is 0 Å². The van der Waals surface area contributed by atoms with Gasteiger partial charge in [0.15, 0.2) is 0 Å². The Morgan fingerprint density at radius 2 is 1.70 bits per heavy atom. The van der Waals surface area contributed by atoms with Crippen LogP contribution in [-0.2, 0) is 20.7 Å². The van der Waals surface area contributed by atoms with Gasteiger partial charge in [0, 0.05) is 12.0 Å². The summed E-state index contributed by atoms with van der Waals surface area (Å²) in [5.41, 5.74) is 1.35. The van der Waals surface area contributed by atoms with Crippen LogP contribution in [0.15, 0.2) is 48.5 Å². The summed E-state index contributed by atoms with van der Waals surface area (Å²) in [4.78, 5) is 24.0. The van der Waals surface area contributed by atoms with Crippen LogP contribution < -0.4 is 5.32 Å². The molecule has 0 bridgehead atoms. The predicted molar refractivity (Wildman–Crippen MR) is 101 cm³/mol. The van der Waals surface area contributed by atoms with E-state index < -0.39 is 23.7 Å². The minimum atomic E-state index is -0.885. The molecular weight excluding hydrogens is 349 g/mol. The number of hydrogen-bond donors (Lipinski definition) is 1. The molecule has 2 aromatic carbocycles. The summed E-state index contributed by atoms with van der Waals surface area (Å²) < 4.78 is 23.9. The van der Waals surface area contributed by atoms with Crippen LogP contribution in [0.25, 0.3) is 11.1 Å². The van der Waals surface area contributed by atoms with E-state index in [9.17, 15) is 14.0 Å². The summed E-state index contributed by atoms with van der Waals surface area (Å²) in [7, 11) is 1.26. The predicted octanol–water partition coefficient (Wildman–Crippen LogP) is 4.10. The zero-order chi connectivity index (χ0) is 20.0. The maximum Gasteiger partial charge on any atom is 0.408 e. The van der Waals surface area contributed by atoms with Gasteiger partial charge in [-0.2, -0.15) is 0 Å². The Morgan fingerprint density at radius 1 is 1.07 bits per heavy atom. The zero-order valence-corrected chi connectivity index (χ0v) is 15.9. The first-order chi connectivity index (χ1) is 12.7. The molecule has 0 spiro atoms. The van der Waals surface area contributed by atoms with Crippen LogP contribution in [0.3, 0.4) is 0 Å². The third-order valence-corrected chi connectivity index (χ3v) is 3.76. The van der Waals surface area contributed by atoms with Crippen molar-refractivity contribution < 1.29 is 23.5 Å². The number of alkyl carbamates (subject to hydrolysis) is 1. The Kier molecular flexibility index (Phi) is 6.55. The van der Waals surface area contributed by atoms with Gasteiger partial charge in [0.05, 0.1) is 7.11 Å². The highest BCUT2D eigenvalue weighted by molar-refractivity contribution is 5.81. The summed E-state index contributed by atoms with van der Waals surface area (Å²) in [5.74, 6) is -0.872. The van der Waals surface area contributed by atoms with E-state index in [1.54, 1.807) is 63.2 Å². The Labute approximate surface area is 158 Å². The highest BCUT2D eigenvalue weighted by atomic mass is 19.1. The molecule has 0 aliphatic carbocycles. The van der Waals surface area contributed by atoms with Crippen LogP contribution in [0.5, 0.6) is 0 Å². The molecule has 0 fully saturated rings. The van der Waals surface area contributed by atoms with Crippen LogP contribution in [0, 0.1) is 5.82 Å². The fraction of sp³-hybridized carbons (Fsp3) is 0.333. The van der Waals surface area contributed by atoms with Crippen LogP contribution in [-0.4, -0.2) is 30.8 Å². The highest BCUT2D eigenvalue weighted by Crippen LogP contribution is 2.23. The molecule has 1 N–H and O–H groups in total. The van der Waals surface area contributed by atoms with Gasteiger partial charge in [-0.1, -0.05) is 42.5 Å². The topological polar surface area (TPSA) is 64.6 Å². The lowest BCUT2D eigenvalue weighted by atomic mass is 10.0. The van der Waals surface area contributed by atoms with Crippen molar-refractivity contribution in [2.45, 2.75) is 38.8 Å². The standard InChI is InChI=1S/C21H24FNO4/c1-21(2,3)27-20(25)23-18(19(24)26-4)13-14-9-11-15(12-10-14)16-7-5-6-8-17(16)22/h5-12,18H,13H2,1-4H3,(H,23,25)/t18-/m0/s1. The SMILES string of the molecule is COC(=O)[C@H](Cc1ccc(-c2ccccc2F)cc1)NC(=O)OC(C)(C)C. The number of carbonyl (C=O) groups is 2. The molecule has 0 unspecified atom stereocenters. The Bertz CT molecular complexity index is 797. The van der Waals surface area contributed by atoms with E-state index in [0.717, 1.165) is 11.1 Å². The average Bonchev–Trinajstić information content (AvgIpc) is 2.60. The molecule has 0 radical (unpaired) electrons. The zero-order valence-electron chi connectivity index (χ0n) is 15.9. The van der Waals surface area contributed by atoms with Crippen LogP contribution >= 0.6 is 0 Å². The van der Waals surface area contributed by atoms with Crippen molar-refractivity contribution in [2.75, 3.05) is 7.11 Å². The molecular formula is C21H24FNO4. The van der Waals surface area contributed by atoms with Gasteiger partial charge in [-0.3, -0.25) is 0 Å². The number of rotatable bonds is 5. The first-order valence-electron chi connectivity index (χ1n) is 8.61. The largest absolute Gasteiger partial charge is 0.467 e. The van der Waals surface area contributed by atoms with E-state index in [2.05, 4.69) is 5.32 Å². The number of ether oxygens (including phenoxy) is 2. The van der Waals surface area contributed by atoms with Crippen molar-refractivity contribution >= 4 is 12.1 Å². The van der Waals surface area contributed by atoms with Crippen molar-refractivity contribution in [3.8, 4) is 11.1 Å². The second kappa shape index (κ2) is 8.66. The average molecular weight is 373 g/mol. The number of nitrogens with one attached hydrogen (secondary N) is 1. The minimum Gasteiger partial charge on any atom is -0.467 e. The van der Waals surface area contributed by atoms with Crippen LogP contribution in [0.4, 0.5) is 9.18 Å². The van der Waals surface area contributed by atoms with Gasteiger partial charge >= 0.3 is 12.1 Å². The molecule has 1 atom stereocenters. The maximum absolute atomic E-state index is 13.9. The molecule has 0 saturated carbocycles. The fourth-order valence-electron chi connectivity index (χ4n) is 2.54. The molecule has 2 aromatic rings. The monoisotopic (exact) mass is 373 g/mol. The molecule has 6 heteroatoms. The van der Waals surface area contributed by atoms with Crippen molar-refractivity contribution in [1.82, 2.24) is 5.32 Å². The Balaban J connectivity index is 2.12. The van der Waals surface area contributed by atoms with Gasteiger partial charge in [0.2, 0.25) is 0 Å². The lowest BCUT2D eigenvalue weighted by molar-refractivity contribution is -0.143. The summed E-state index contributed by atoms with van der Waals surface area (Å²) in [6.45, 7) is 5.21. The molecule has 27 heavy (non-hydrogen) atoms. The first kappa shape index (κ1) is 20.4. The molecule has 0 aromatic heterocycles. The van der Waals surface area contributed by atoms with E-state index in [1.807, 2.05) is 0 Å². The Morgan fingerprint density at radius 3 is 2.26 bits per heavy atom. The van der Waals surface area contributed by atoms with Gasteiger partial charge in [-0.15, -0.1) is 0 Å². The van der Waals surface area contributed by atoms with Crippen LogP contribution in [0.2, 0.25) is 0 Å². The molecule has 0 saturated heterocycles. The number of halogens is 1. The number of methoxy groups -OCH3 is 1. The summed E-state index contributed by atoms with van der Waals surface area (Å²) in [5, 5.41) is 2.53. The minimum absolute atomic E-state index is 0.226. The second-order valence-electron chi connectivity index (χ2n) is 7.10. The summed E-state index contributed by atoms with van der Waals surface area (Å²) >= 11 is 0. The first-order valence-corrected chi connectivity index (χ1v) is 8.61. The van der Waals surface area contributed by atoms with Crippen LogP contribution in [0.1, 0.15) is 26.3 Å². The fourth-order valence-corrected chi connectivity index (χ4v) is 2.54. The molecule has 2 rings (SSSR count). The van der Waals surface area contributed by atoms with E-state index in [1.165, 1.54) is 13.2 Å². The van der Waals surface area contributed by atoms with Crippen molar-refractivity contribution in [1.29, 1.82) is 0 Å². The van der Waals surface area contributed by atoms with E-state index in [4.69, 9.17) is 9.47 Å². The molecule has 144 valence electrons. The smallest absolute Gasteiger partial charge is 0.408 e. The molecule has 0 aliphatic rings. The summed E-state index contributed by atoms with van der Waals surface area (Å²) in [6.07, 6.45) is -0.468. The molecule has 0 aliphatic heterocycles. The second-order valence-corrected chi connectivity index (χ2v) is 7.10. The Hall–Kier alpha value is -2.89. The van der Waals surface area contributed by atoms with Crippen molar-refractivity contribution in [3.63, 3.8) is 0 Å². The third-order valence-electron chi connectivity index (χ3n) is 3.76. The van der Waals surface area contributed by atoms with Crippen molar-refractivity contribution in [3.05, 3.63) is 59.9 Å². The van der Waals surface area contributed by atoms with Gasteiger partial charge in [0.1, 0.15) is 17.5 Å². The van der Waals surface area contributed by atoms with E-state index in [-0.39, 0.29) is 12.2 Å². The third kappa shape index (κ3) is 6.09. The quantitative estimate of drug-likeness (QED) is 0.802. The highest BCUT2D eigenvalue weighted by Gasteiger charge is 2.25. The number of benzene rings is 2. The normalized spacial score (nSPS) is 12.2. The lowest BCUT2D eigenvalue weighted by Gasteiger charge is -2.22. The van der Waals surface area contributed by atoms with Gasteiger partial charge in [-0.25, -0.2) is 14.0 Å². The van der Waals surface area contributed by atoms with E-state index in [0.29, 0.717) is 5.56 Å². The molecule has 1 amide bonds. The van der Waals surface area contributed by atoms with E-state index >= 15 is 0 Å². The lowest BCUT2D eigenvalue weighted by Crippen LogP contribution is -2.45. The maximum atomic E-state index is 13.9. The summed E-state index contributed by atoms with van der Waals surface area (Å²) in [6, 6.07) is 12.7.